The van der Waals surface area contributed by atoms with Gasteiger partial charge in [0.1, 0.15) is 5.82 Å². The molecule has 150 valence electrons. The van der Waals surface area contributed by atoms with Gasteiger partial charge in [0.15, 0.2) is 0 Å². The van der Waals surface area contributed by atoms with Crippen LogP contribution in [-0.2, 0) is 27.8 Å². The lowest BCUT2D eigenvalue weighted by Gasteiger charge is -2.09. The summed E-state index contributed by atoms with van der Waals surface area (Å²) in [5, 5.41) is 2.53. The molecule has 7 heteroatoms. The second-order valence-electron chi connectivity index (χ2n) is 6.48. The van der Waals surface area contributed by atoms with E-state index in [-0.39, 0.29) is 29.5 Å². The Morgan fingerprint density at radius 2 is 1.48 bits per heavy atom. The molecule has 3 aromatic carbocycles. The summed E-state index contributed by atoms with van der Waals surface area (Å²) in [7, 11) is -3.62. The fourth-order valence-corrected chi connectivity index (χ4v) is 3.74. The maximum atomic E-state index is 13.6. The molecule has 0 spiro atoms. The van der Waals surface area contributed by atoms with Crippen molar-refractivity contribution in [2.24, 2.45) is 0 Å². The highest BCUT2D eigenvalue weighted by molar-refractivity contribution is 7.89. The van der Waals surface area contributed by atoms with Crippen LogP contribution < -0.4 is 10.0 Å². The van der Waals surface area contributed by atoms with E-state index in [1.165, 1.54) is 24.3 Å². The number of anilines is 1. The number of carbonyl (C=O) groups is 1. The number of nitrogens with one attached hydrogen (secondary N) is 2. The lowest BCUT2D eigenvalue weighted by molar-refractivity contribution is -0.116. The molecule has 29 heavy (non-hydrogen) atoms. The normalized spacial score (nSPS) is 11.2. The van der Waals surface area contributed by atoms with Crippen molar-refractivity contribution >= 4 is 21.6 Å². The summed E-state index contributed by atoms with van der Waals surface area (Å²) in [6, 6.07) is 21.6. The molecule has 0 heterocycles. The average Bonchev–Trinajstić information content (AvgIpc) is 2.74. The minimum Gasteiger partial charge on any atom is -0.324 e. The first-order valence-corrected chi connectivity index (χ1v) is 10.6. The highest BCUT2D eigenvalue weighted by atomic mass is 32.2. The van der Waals surface area contributed by atoms with E-state index < -0.39 is 15.8 Å². The van der Waals surface area contributed by atoms with Crippen LogP contribution in [0.25, 0.3) is 0 Å². The van der Waals surface area contributed by atoms with Gasteiger partial charge in [0.25, 0.3) is 0 Å². The number of halogens is 1. The first-order chi connectivity index (χ1) is 13.9. The van der Waals surface area contributed by atoms with Gasteiger partial charge in [-0.05, 0) is 41.8 Å². The Balaban J connectivity index is 1.54. The van der Waals surface area contributed by atoms with Crippen LogP contribution in [0.2, 0.25) is 0 Å². The second-order valence-corrected chi connectivity index (χ2v) is 8.25. The van der Waals surface area contributed by atoms with Gasteiger partial charge in [0, 0.05) is 13.0 Å². The number of carbonyl (C=O) groups excluding carboxylic acids is 1. The van der Waals surface area contributed by atoms with E-state index in [0.717, 1.165) is 11.1 Å². The van der Waals surface area contributed by atoms with E-state index in [9.17, 15) is 17.6 Å². The largest absolute Gasteiger partial charge is 0.324 e. The molecule has 0 atom stereocenters. The molecule has 3 rings (SSSR count). The van der Waals surface area contributed by atoms with Crippen LogP contribution in [0.5, 0.6) is 0 Å². The third kappa shape index (κ3) is 5.97. The number of rotatable bonds is 8. The topological polar surface area (TPSA) is 75.3 Å². The SMILES string of the molecule is O=C(CCc1ccc(S(=O)(=O)NCc2ccccc2)cc1)Nc1ccccc1F. The molecule has 0 unspecified atom stereocenters. The first kappa shape index (κ1) is 20.7. The minimum atomic E-state index is -3.62. The molecular weight excluding hydrogens is 391 g/mol. The van der Waals surface area contributed by atoms with Crippen molar-refractivity contribution in [3.63, 3.8) is 0 Å². The van der Waals surface area contributed by atoms with Gasteiger partial charge in [-0.2, -0.15) is 0 Å². The zero-order valence-electron chi connectivity index (χ0n) is 15.6. The Morgan fingerprint density at radius 1 is 0.828 bits per heavy atom. The van der Waals surface area contributed by atoms with E-state index in [1.54, 1.807) is 24.3 Å². The lowest BCUT2D eigenvalue weighted by Crippen LogP contribution is -2.23. The van der Waals surface area contributed by atoms with E-state index in [0.29, 0.717) is 6.42 Å². The quantitative estimate of drug-likeness (QED) is 0.590. The smallest absolute Gasteiger partial charge is 0.240 e. The minimum absolute atomic E-state index is 0.142. The molecule has 0 aromatic heterocycles. The van der Waals surface area contributed by atoms with E-state index in [1.807, 2.05) is 30.3 Å². The molecule has 0 bridgehead atoms. The molecule has 0 aliphatic carbocycles. The van der Waals surface area contributed by atoms with Crippen molar-refractivity contribution in [2.45, 2.75) is 24.3 Å². The summed E-state index contributed by atoms with van der Waals surface area (Å²) in [5.41, 5.74) is 1.83. The predicted molar refractivity (Wildman–Crippen MR) is 110 cm³/mol. The van der Waals surface area contributed by atoms with Gasteiger partial charge in [-0.3, -0.25) is 4.79 Å². The van der Waals surface area contributed by atoms with Crippen LogP contribution in [0.15, 0.2) is 83.8 Å². The summed E-state index contributed by atoms with van der Waals surface area (Å²) < 4.78 is 40.9. The molecular formula is C22H21FN2O3S. The number of hydrogen-bond acceptors (Lipinski definition) is 3. The van der Waals surface area contributed by atoms with E-state index in [4.69, 9.17) is 0 Å². The molecule has 0 saturated carbocycles. The van der Waals surface area contributed by atoms with Crippen LogP contribution >= 0.6 is 0 Å². The maximum absolute atomic E-state index is 13.6. The Kier molecular flexibility index (Phi) is 6.74. The van der Waals surface area contributed by atoms with Gasteiger partial charge in [-0.1, -0.05) is 54.6 Å². The Morgan fingerprint density at radius 3 is 2.17 bits per heavy atom. The molecule has 0 fully saturated rings. The number of para-hydroxylation sites is 1. The lowest BCUT2D eigenvalue weighted by atomic mass is 10.1. The van der Waals surface area contributed by atoms with Crippen molar-refractivity contribution in [3.8, 4) is 0 Å². The molecule has 0 aliphatic heterocycles. The number of aryl methyl sites for hydroxylation is 1. The molecule has 0 radical (unpaired) electrons. The third-order valence-electron chi connectivity index (χ3n) is 4.33. The van der Waals surface area contributed by atoms with Gasteiger partial charge < -0.3 is 5.32 Å². The average molecular weight is 412 g/mol. The van der Waals surface area contributed by atoms with Crippen molar-refractivity contribution in [3.05, 3.63) is 95.8 Å². The summed E-state index contributed by atoms with van der Waals surface area (Å²) in [4.78, 5) is 12.2. The maximum Gasteiger partial charge on any atom is 0.240 e. The molecule has 1 amide bonds. The molecule has 0 aliphatic rings. The van der Waals surface area contributed by atoms with E-state index >= 15 is 0 Å². The summed E-state index contributed by atoms with van der Waals surface area (Å²) in [6.07, 6.45) is 0.574. The standard InChI is InChI=1S/C22H21FN2O3S/c23-20-8-4-5-9-21(20)25-22(26)15-12-17-10-13-19(14-11-17)29(27,28)24-16-18-6-2-1-3-7-18/h1-11,13-14,24H,12,15-16H2,(H,25,26). The van der Waals surface area contributed by atoms with Crippen molar-refractivity contribution in [2.75, 3.05) is 5.32 Å². The number of hydrogen-bond donors (Lipinski definition) is 2. The van der Waals surface area contributed by atoms with Crippen LogP contribution in [0, 0.1) is 5.82 Å². The Hall–Kier alpha value is -3.03. The van der Waals surface area contributed by atoms with Crippen LogP contribution in [-0.4, -0.2) is 14.3 Å². The highest BCUT2D eigenvalue weighted by Crippen LogP contribution is 2.15. The Labute approximate surface area is 169 Å². The third-order valence-corrected chi connectivity index (χ3v) is 5.75. The van der Waals surface area contributed by atoms with Crippen molar-refractivity contribution < 1.29 is 17.6 Å². The second kappa shape index (κ2) is 9.45. The predicted octanol–water partition coefficient (Wildman–Crippen LogP) is 3.88. The zero-order chi connectivity index (χ0) is 20.7. The van der Waals surface area contributed by atoms with Gasteiger partial charge in [-0.25, -0.2) is 17.5 Å². The molecule has 2 N–H and O–H groups in total. The fourth-order valence-electron chi connectivity index (χ4n) is 2.73. The summed E-state index contributed by atoms with van der Waals surface area (Å²) >= 11 is 0. The number of amides is 1. The number of benzene rings is 3. The van der Waals surface area contributed by atoms with Crippen LogP contribution in [0.3, 0.4) is 0 Å². The number of sulfonamides is 1. The Bertz CT molecular complexity index is 1070. The van der Waals surface area contributed by atoms with Crippen molar-refractivity contribution in [1.29, 1.82) is 0 Å². The molecule has 5 nitrogen and oxygen atoms in total. The summed E-state index contributed by atoms with van der Waals surface area (Å²) in [6.45, 7) is 0.209. The van der Waals surface area contributed by atoms with Gasteiger partial charge >= 0.3 is 0 Å². The van der Waals surface area contributed by atoms with Crippen LogP contribution in [0.1, 0.15) is 17.5 Å². The van der Waals surface area contributed by atoms with Gasteiger partial charge in [-0.15, -0.1) is 0 Å². The highest BCUT2D eigenvalue weighted by Gasteiger charge is 2.14. The van der Waals surface area contributed by atoms with Gasteiger partial charge in [0.05, 0.1) is 10.6 Å². The van der Waals surface area contributed by atoms with Crippen LogP contribution in [0.4, 0.5) is 10.1 Å². The monoisotopic (exact) mass is 412 g/mol. The molecule has 3 aromatic rings. The molecule has 0 saturated heterocycles. The summed E-state index contributed by atoms with van der Waals surface area (Å²) in [5.74, 6) is -0.797. The zero-order valence-corrected chi connectivity index (χ0v) is 16.5. The van der Waals surface area contributed by atoms with Crippen molar-refractivity contribution in [1.82, 2.24) is 4.72 Å². The van der Waals surface area contributed by atoms with Gasteiger partial charge in [0.2, 0.25) is 15.9 Å². The van der Waals surface area contributed by atoms with E-state index in [2.05, 4.69) is 10.0 Å². The first-order valence-electron chi connectivity index (χ1n) is 9.11. The fraction of sp³-hybridized carbons (Fsp3) is 0.136.